The first-order chi connectivity index (χ1) is 4.77. The van der Waals surface area contributed by atoms with E-state index in [1.165, 1.54) is 18.8 Å². The van der Waals surface area contributed by atoms with Crippen LogP contribution in [0, 0.1) is 5.92 Å². The summed E-state index contributed by atoms with van der Waals surface area (Å²) < 4.78 is 0. The first-order valence-corrected chi connectivity index (χ1v) is 5.18. The number of thioether (sulfide) groups is 1. The highest BCUT2D eigenvalue weighted by molar-refractivity contribution is 8.06. The van der Waals surface area contributed by atoms with Crippen LogP contribution in [0.3, 0.4) is 0 Å². The lowest BCUT2D eigenvalue weighted by Crippen LogP contribution is -2.51. The number of hydrogen-bond donors (Lipinski definition) is 0. The highest BCUT2D eigenvalue weighted by Gasteiger charge is 2.40. The molecule has 2 fully saturated rings. The monoisotopic (exact) mass is 157 g/mol. The standard InChI is InChI=1S/C8H15NS/c1-6(2)9-3-7(4-9)8-5-10-8/h6-8H,3-5H2,1-2H3. The highest BCUT2D eigenvalue weighted by atomic mass is 32.2. The number of rotatable bonds is 2. The Morgan fingerprint density at radius 3 is 2.40 bits per heavy atom. The summed E-state index contributed by atoms with van der Waals surface area (Å²) in [6.45, 7) is 7.32. The van der Waals surface area contributed by atoms with Gasteiger partial charge in [-0.2, -0.15) is 11.8 Å². The Morgan fingerprint density at radius 2 is 2.00 bits per heavy atom. The molecule has 10 heavy (non-hydrogen) atoms. The fourth-order valence-corrected chi connectivity index (χ4v) is 2.36. The number of nitrogens with zero attached hydrogens (tertiary/aromatic N) is 1. The van der Waals surface area contributed by atoms with Crippen molar-refractivity contribution in [2.45, 2.75) is 25.1 Å². The molecule has 0 aromatic rings. The second kappa shape index (κ2) is 2.42. The van der Waals surface area contributed by atoms with Crippen molar-refractivity contribution in [2.75, 3.05) is 18.8 Å². The van der Waals surface area contributed by atoms with Crippen LogP contribution in [0.15, 0.2) is 0 Å². The molecule has 1 atom stereocenters. The minimum Gasteiger partial charge on any atom is -0.300 e. The molecule has 0 bridgehead atoms. The van der Waals surface area contributed by atoms with Crippen LogP contribution in [0.4, 0.5) is 0 Å². The molecule has 2 saturated heterocycles. The zero-order chi connectivity index (χ0) is 7.14. The molecule has 2 aliphatic rings. The maximum absolute atomic E-state index is 2.56. The van der Waals surface area contributed by atoms with Crippen molar-refractivity contribution in [3.8, 4) is 0 Å². The molecule has 2 heterocycles. The summed E-state index contributed by atoms with van der Waals surface area (Å²) in [5, 5.41) is 1.05. The topological polar surface area (TPSA) is 3.24 Å². The summed E-state index contributed by atoms with van der Waals surface area (Å²) in [4.78, 5) is 2.56. The van der Waals surface area contributed by atoms with Crippen molar-refractivity contribution >= 4 is 11.8 Å². The van der Waals surface area contributed by atoms with Gasteiger partial charge in [-0.25, -0.2) is 0 Å². The molecule has 2 rings (SSSR count). The van der Waals surface area contributed by atoms with E-state index >= 15 is 0 Å². The quantitative estimate of drug-likeness (QED) is 0.558. The maximum Gasteiger partial charge on any atom is 0.0191 e. The summed E-state index contributed by atoms with van der Waals surface area (Å²) in [6.07, 6.45) is 0. The molecule has 0 aromatic carbocycles. The minimum absolute atomic E-state index is 0.778. The predicted molar refractivity (Wildman–Crippen MR) is 46.4 cm³/mol. The van der Waals surface area contributed by atoms with Crippen molar-refractivity contribution in [2.24, 2.45) is 5.92 Å². The fourth-order valence-electron chi connectivity index (χ4n) is 1.53. The molecule has 0 amide bonds. The van der Waals surface area contributed by atoms with Crippen LogP contribution in [0.2, 0.25) is 0 Å². The van der Waals surface area contributed by atoms with Gasteiger partial charge < -0.3 is 4.90 Å². The average Bonchev–Trinajstić information content (AvgIpc) is 2.42. The normalized spacial score (nSPS) is 34.5. The summed E-state index contributed by atoms with van der Waals surface area (Å²) in [5.41, 5.74) is 0. The summed E-state index contributed by atoms with van der Waals surface area (Å²) >= 11 is 2.14. The van der Waals surface area contributed by atoms with Crippen LogP contribution in [-0.4, -0.2) is 35.0 Å². The van der Waals surface area contributed by atoms with Crippen molar-refractivity contribution in [1.82, 2.24) is 4.90 Å². The third-order valence-corrected chi connectivity index (χ3v) is 3.66. The van der Waals surface area contributed by atoms with Crippen LogP contribution < -0.4 is 0 Å². The van der Waals surface area contributed by atoms with E-state index in [1.54, 1.807) is 0 Å². The molecule has 2 aliphatic heterocycles. The van der Waals surface area contributed by atoms with E-state index in [1.807, 2.05) is 0 Å². The van der Waals surface area contributed by atoms with Crippen LogP contribution in [0.25, 0.3) is 0 Å². The second-order valence-electron chi connectivity index (χ2n) is 3.68. The van der Waals surface area contributed by atoms with Gasteiger partial charge in [0.15, 0.2) is 0 Å². The van der Waals surface area contributed by atoms with E-state index in [0.717, 1.165) is 17.2 Å². The Morgan fingerprint density at radius 1 is 1.40 bits per heavy atom. The second-order valence-corrected chi connectivity index (χ2v) is 4.95. The summed E-state index contributed by atoms with van der Waals surface area (Å²) in [7, 11) is 0. The van der Waals surface area contributed by atoms with Crippen LogP contribution in [0.1, 0.15) is 13.8 Å². The Labute approximate surface area is 67.2 Å². The minimum atomic E-state index is 0.778. The van der Waals surface area contributed by atoms with Gasteiger partial charge in [-0.3, -0.25) is 0 Å². The Kier molecular flexibility index (Phi) is 1.69. The lowest BCUT2D eigenvalue weighted by Gasteiger charge is -2.42. The van der Waals surface area contributed by atoms with Crippen molar-refractivity contribution in [1.29, 1.82) is 0 Å². The Bertz CT molecular complexity index is 119. The molecule has 0 aliphatic carbocycles. The van der Waals surface area contributed by atoms with E-state index in [0.29, 0.717) is 0 Å². The molecule has 0 saturated carbocycles. The van der Waals surface area contributed by atoms with E-state index in [-0.39, 0.29) is 0 Å². The van der Waals surface area contributed by atoms with E-state index in [9.17, 15) is 0 Å². The van der Waals surface area contributed by atoms with E-state index in [4.69, 9.17) is 0 Å². The zero-order valence-electron chi connectivity index (χ0n) is 6.71. The van der Waals surface area contributed by atoms with E-state index in [2.05, 4.69) is 30.5 Å². The molecule has 1 unspecified atom stereocenters. The van der Waals surface area contributed by atoms with Crippen molar-refractivity contribution in [3.63, 3.8) is 0 Å². The Hall–Kier alpha value is 0.310. The van der Waals surface area contributed by atoms with Gasteiger partial charge in [0.1, 0.15) is 0 Å². The average molecular weight is 157 g/mol. The molecule has 0 radical (unpaired) electrons. The predicted octanol–water partition coefficient (Wildman–Crippen LogP) is 1.44. The van der Waals surface area contributed by atoms with Gasteiger partial charge in [0.2, 0.25) is 0 Å². The third kappa shape index (κ3) is 1.19. The zero-order valence-corrected chi connectivity index (χ0v) is 7.53. The van der Waals surface area contributed by atoms with Gasteiger partial charge in [0.05, 0.1) is 0 Å². The molecular formula is C8H15NS. The van der Waals surface area contributed by atoms with Crippen molar-refractivity contribution in [3.05, 3.63) is 0 Å². The van der Waals surface area contributed by atoms with Crippen LogP contribution in [0.5, 0.6) is 0 Å². The van der Waals surface area contributed by atoms with Crippen LogP contribution >= 0.6 is 11.8 Å². The van der Waals surface area contributed by atoms with Gasteiger partial charge in [-0.1, -0.05) is 0 Å². The molecule has 0 aromatic heterocycles. The molecule has 0 spiro atoms. The fraction of sp³-hybridized carbons (Fsp3) is 1.00. The highest BCUT2D eigenvalue weighted by Crippen LogP contribution is 2.41. The lowest BCUT2D eigenvalue weighted by molar-refractivity contribution is 0.0731. The smallest absolute Gasteiger partial charge is 0.0191 e. The number of hydrogen-bond acceptors (Lipinski definition) is 2. The maximum atomic E-state index is 2.56. The largest absolute Gasteiger partial charge is 0.300 e. The molecular weight excluding hydrogens is 142 g/mol. The van der Waals surface area contributed by atoms with Gasteiger partial charge in [-0.05, 0) is 19.8 Å². The Balaban J connectivity index is 1.72. The SMILES string of the molecule is CC(C)N1CC(C2CS2)C1. The molecule has 1 nitrogen and oxygen atoms in total. The van der Waals surface area contributed by atoms with Gasteiger partial charge in [-0.15, -0.1) is 0 Å². The van der Waals surface area contributed by atoms with Crippen LogP contribution in [-0.2, 0) is 0 Å². The lowest BCUT2D eigenvalue weighted by atomic mass is 9.96. The molecule has 58 valence electrons. The number of likely N-dealkylation sites (tertiary alicyclic amines) is 1. The summed E-state index contributed by atoms with van der Waals surface area (Å²) in [6, 6.07) is 0.778. The first-order valence-electron chi connectivity index (χ1n) is 4.13. The van der Waals surface area contributed by atoms with E-state index < -0.39 is 0 Å². The molecule has 0 N–H and O–H groups in total. The van der Waals surface area contributed by atoms with Gasteiger partial charge in [0.25, 0.3) is 0 Å². The summed E-state index contributed by atoms with van der Waals surface area (Å²) in [5.74, 6) is 2.49. The molecule has 2 heteroatoms. The van der Waals surface area contributed by atoms with Crippen molar-refractivity contribution < 1.29 is 0 Å². The third-order valence-electron chi connectivity index (χ3n) is 2.55. The van der Waals surface area contributed by atoms with Gasteiger partial charge >= 0.3 is 0 Å². The van der Waals surface area contributed by atoms with Gasteiger partial charge in [0, 0.05) is 30.1 Å². The first kappa shape index (κ1) is 6.99.